The first-order chi connectivity index (χ1) is 4.61. The van der Waals surface area contributed by atoms with Gasteiger partial charge in [-0.15, -0.1) is 0 Å². The highest BCUT2D eigenvalue weighted by Crippen LogP contribution is 2.36. The molecule has 1 aliphatic carbocycles. The van der Waals surface area contributed by atoms with Crippen molar-refractivity contribution in [1.29, 1.82) is 0 Å². The average molecular weight is 156 g/mol. The number of hydrogen-bond donors (Lipinski definition) is 0. The molecule has 0 aromatic heterocycles. The van der Waals surface area contributed by atoms with Gasteiger partial charge in [0, 0.05) is 8.07 Å². The van der Waals surface area contributed by atoms with E-state index in [9.17, 15) is 0 Å². The molecule has 0 aliphatic heterocycles. The van der Waals surface area contributed by atoms with E-state index in [1.54, 1.807) is 0 Å². The second-order valence-corrected chi connectivity index (χ2v) is 10.2. The van der Waals surface area contributed by atoms with E-state index >= 15 is 0 Å². The van der Waals surface area contributed by atoms with Crippen LogP contribution in [0.1, 0.15) is 32.1 Å². The van der Waals surface area contributed by atoms with Gasteiger partial charge in [-0.3, -0.25) is 0 Å². The van der Waals surface area contributed by atoms with Gasteiger partial charge in [-0.1, -0.05) is 51.7 Å². The van der Waals surface area contributed by atoms with Crippen molar-refractivity contribution in [3.63, 3.8) is 0 Å². The van der Waals surface area contributed by atoms with Crippen LogP contribution in [0.4, 0.5) is 0 Å². The Morgan fingerprint density at radius 1 is 0.900 bits per heavy atom. The quantitative estimate of drug-likeness (QED) is 0.508. The second-order valence-electron chi connectivity index (χ2n) is 4.70. The van der Waals surface area contributed by atoms with Gasteiger partial charge in [0.1, 0.15) is 0 Å². The molecule has 0 saturated heterocycles. The van der Waals surface area contributed by atoms with Crippen LogP contribution in [0.15, 0.2) is 0 Å². The fraction of sp³-hybridized carbons (Fsp3) is 1.00. The molecule has 0 spiro atoms. The van der Waals surface area contributed by atoms with Gasteiger partial charge in [-0.05, 0) is 5.54 Å². The molecule has 0 heterocycles. The predicted molar refractivity (Wildman–Crippen MR) is 50.2 cm³/mol. The molecule has 0 nitrogen and oxygen atoms in total. The van der Waals surface area contributed by atoms with Crippen LogP contribution in [0, 0.1) is 0 Å². The standard InChI is InChI=1S/C9H20Si/c1-10(2,3)9-7-5-4-6-8-9/h9H,4-8H2,1-3H3. The normalized spacial score (nSPS) is 23.1. The van der Waals surface area contributed by atoms with Gasteiger partial charge in [-0.2, -0.15) is 0 Å². The minimum absolute atomic E-state index is 0.756. The zero-order valence-electron chi connectivity index (χ0n) is 7.61. The first-order valence-electron chi connectivity index (χ1n) is 4.61. The Balaban J connectivity index is 2.39. The summed E-state index contributed by atoms with van der Waals surface area (Å²) in [6.07, 6.45) is 7.59. The first-order valence-corrected chi connectivity index (χ1v) is 8.18. The molecular weight excluding hydrogens is 136 g/mol. The smallest absolute Gasteiger partial charge is 0.0473 e. The summed E-state index contributed by atoms with van der Waals surface area (Å²) >= 11 is 0. The van der Waals surface area contributed by atoms with Crippen LogP contribution in [0.3, 0.4) is 0 Å². The van der Waals surface area contributed by atoms with E-state index in [4.69, 9.17) is 0 Å². The van der Waals surface area contributed by atoms with Crippen LogP contribution in [0.5, 0.6) is 0 Å². The lowest BCUT2D eigenvalue weighted by molar-refractivity contribution is 0.493. The van der Waals surface area contributed by atoms with Crippen LogP contribution in [-0.2, 0) is 0 Å². The van der Waals surface area contributed by atoms with E-state index in [2.05, 4.69) is 19.6 Å². The predicted octanol–water partition coefficient (Wildman–Crippen LogP) is 3.66. The molecule has 0 radical (unpaired) electrons. The molecule has 0 unspecified atom stereocenters. The largest absolute Gasteiger partial charge is 0.0693 e. The third kappa shape index (κ3) is 2.12. The maximum absolute atomic E-state index is 2.52. The van der Waals surface area contributed by atoms with Gasteiger partial charge < -0.3 is 0 Å². The molecule has 60 valence electrons. The maximum Gasteiger partial charge on any atom is 0.0473 e. The van der Waals surface area contributed by atoms with Crippen molar-refractivity contribution in [1.82, 2.24) is 0 Å². The first kappa shape index (κ1) is 8.31. The molecule has 1 rings (SSSR count). The highest BCUT2D eigenvalue weighted by molar-refractivity contribution is 6.77. The molecule has 0 atom stereocenters. The molecule has 0 bridgehead atoms. The lowest BCUT2D eigenvalue weighted by Gasteiger charge is -2.32. The average Bonchev–Trinajstić information content (AvgIpc) is 1.88. The molecule has 0 amide bonds. The Kier molecular flexibility index (Phi) is 2.56. The highest BCUT2D eigenvalue weighted by Gasteiger charge is 2.27. The van der Waals surface area contributed by atoms with E-state index in [0.29, 0.717) is 0 Å². The number of hydrogen-bond acceptors (Lipinski definition) is 0. The molecule has 1 saturated carbocycles. The minimum Gasteiger partial charge on any atom is -0.0693 e. The van der Waals surface area contributed by atoms with Crippen molar-refractivity contribution < 1.29 is 0 Å². The van der Waals surface area contributed by atoms with Gasteiger partial charge in [0.15, 0.2) is 0 Å². The third-order valence-corrected chi connectivity index (χ3v) is 5.86. The fourth-order valence-electron chi connectivity index (χ4n) is 1.97. The van der Waals surface area contributed by atoms with Gasteiger partial charge in [0.25, 0.3) is 0 Å². The summed E-state index contributed by atoms with van der Waals surface area (Å²) in [6.45, 7) is 7.55. The topological polar surface area (TPSA) is 0 Å². The van der Waals surface area contributed by atoms with Crippen LogP contribution in [-0.4, -0.2) is 8.07 Å². The van der Waals surface area contributed by atoms with Gasteiger partial charge in [0.05, 0.1) is 0 Å². The lowest BCUT2D eigenvalue weighted by atomic mass is 10.0. The van der Waals surface area contributed by atoms with Crippen molar-refractivity contribution in [2.75, 3.05) is 0 Å². The Bertz CT molecular complexity index is 95.8. The number of rotatable bonds is 1. The summed E-state index contributed by atoms with van der Waals surface area (Å²) in [5.41, 5.74) is 1.14. The molecule has 0 aromatic rings. The Labute approximate surface area is 66.0 Å². The van der Waals surface area contributed by atoms with E-state index in [1.165, 1.54) is 32.1 Å². The zero-order valence-corrected chi connectivity index (χ0v) is 8.61. The molecular formula is C9H20Si. The summed E-state index contributed by atoms with van der Waals surface area (Å²) in [4.78, 5) is 0. The summed E-state index contributed by atoms with van der Waals surface area (Å²) in [5.74, 6) is 0. The second kappa shape index (κ2) is 3.08. The van der Waals surface area contributed by atoms with Crippen LogP contribution in [0.2, 0.25) is 25.2 Å². The van der Waals surface area contributed by atoms with Crippen LogP contribution < -0.4 is 0 Å². The van der Waals surface area contributed by atoms with E-state index in [0.717, 1.165) is 5.54 Å². The fourth-order valence-corrected chi connectivity index (χ4v) is 4.11. The summed E-state index contributed by atoms with van der Waals surface area (Å²) in [6, 6.07) is 0. The lowest BCUT2D eigenvalue weighted by Crippen LogP contribution is -2.29. The monoisotopic (exact) mass is 156 g/mol. The Hall–Kier alpha value is 0.217. The van der Waals surface area contributed by atoms with Crippen molar-refractivity contribution in [2.45, 2.75) is 57.3 Å². The molecule has 1 aliphatic rings. The third-order valence-electron chi connectivity index (χ3n) is 2.83. The van der Waals surface area contributed by atoms with Crippen molar-refractivity contribution >= 4 is 8.07 Å². The van der Waals surface area contributed by atoms with E-state index in [1.807, 2.05) is 0 Å². The summed E-state index contributed by atoms with van der Waals surface area (Å²) < 4.78 is 0. The van der Waals surface area contributed by atoms with Gasteiger partial charge in [-0.25, -0.2) is 0 Å². The Morgan fingerprint density at radius 2 is 1.40 bits per heavy atom. The Morgan fingerprint density at radius 3 is 1.70 bits per heavy atom. The molecule has 10 heavy (non-hydrogen) atoms. The van der Waals surface area contributed by atoms with E-state index < -0.39 is 8.07 Å². The molecule has 0 N–H and O–H groups in total. The van der Waals surface area contributed by atoms with Gasteiger partial charge >= 0.3 is 0 Å². The zero-order chi connectivity index (χ0) is 7.61. The van der Waals surface area contributed by atoms with E-state index in [-0.39, 0.29) is 0 Å². The van der Waals surface area contributed by atoms with Gasteiger partial charge in [0.2, 0.25) is 0 Å². The summed E-state index contributed by atoms with van der Waals surface area (Å²) in [7, 11) is -0.756. The highest BCUT2D eigenvalue weighted by atomic mass is 28.3. The van der Waals surface area contributed by atoms with Crippen LogP contribution in [0.25, 0.3) is 0 Å². The maximum atomic E-state index is 2.52. The van der Waals surface area contributed by atoms with Crippen molar-refractivity contribution in [2.24, 2.45) is 0 Å². The molecule has 0 aromatic carbocycles. The van der Waals surface area contributed by atoms with Crippen molar-refractivity contribution in [3.05, 3.63) is 0 Å². The SMILES string of the molecule is C[Si](C)(C)C1CCCCC1. The van der Waals surface area contributed by atoms with Crippen molar-refractivity contribution in [3.8, 4) is 0 Å². The molecule has 1 fully saturated rings. The molecule has 1 heteroatoms. The summed E-state index contributed by atoms with van der Waals surface area (Å²) in [5, 5.41) is 0. The minimum atomic E-state index is -0.756. The van der Waals surface area contributed by atoms with Crippen LogP contribution >= 0.6 is 0 Å².